The Morgan fingerprint density at radius 1 is 1.47 bits per heavy atom. The van der Waals surface area contributed by atoms with Crippen LogP contribution in [0.2, 0.25) is 0 Å². The monoisotopic (exact) mass is 310 g/mol. The number of rotatable bonds is 1. The van der Waals surface area contributed by atoms with Gasteiger partial charge in [0.1, 0.15) is 6.07 Å². The molecule has 1 aromatic heterocycles. The molecule has 0 bridgehead atoms. The molecule has 0 atom stereocenters. The van der Waals surface area contributed by atoms with E-state index in [1.165, 1.54) is 11.1 Å². The standard InChI is InChI=1S/C12H11IN2/c1-3-15-11-6-8(2)4-5-9(11)10(7-14)12(15)13/h4-6H,3H2,1-2H3. The van der Waals surface area contributed by atoms with Crippen LogP contribution in [0.3, 0.4) is 0 Å². The molecule has 0 unspecified atom stereocenters. The molecule has 0 aliphatic carbocycles. The summed E-state index contributed by atoms with van der Waals surface area (Å²) in [4.78, 5) is 0. The van der Waals surface area contributed by atoms with Crippen LogP contribution in [0.1, 0.15) is 18.1 Å². The summed E-state index contributed by atoms with van der Waals surface area (Å²) >= 11 is 2.25. The fourth-order valence-electron chi connectivity index (χ4n) is 1.84. The highest BCUT2D eigenvalue weighted by Gasteiger charge is 2.13. The van der Waals surface area contributed by atoms with Crippen LogP contribution >= 0.6 is 22.6 Å². The molecule has 0 saturated carbocycles. The van der Waals surface area contributed by atoms with Crippen molar-refractivity contribution in [1.82, 2.24) is 4.57 Å². The van der Waals surface area contributed by atoms with E-state index < -0.39 is 0 Å². The van der Waals surface area contributed by atoms with Gasteiger partial charge in [0.15, 0.2) is 0 Å². The van der Waals surface area contributed by atoms with E-state index >= 15 is 0 Å². The molecule has 3 heteroatoms. The first-order valence-electron chi connectivity index (χ1n) is 4.87. The summed E-state index contributed by atoms with van der Waals surface area (Å²) in [6, 6.07) is 8.52. The first kappa shape index (κ1) is 10.5. The van der Waals surface area contributed by atoms with Crippen molar-refractivity contribution in [2.75, 3.05) is 0 Å². The lowest BCUT2D eigenvalue weighted by Crippen LogP contribution is -1.96. The summed E-state index contributed by atoms with van der Waals surface area (Å²) in [7, 11) is 0. The fraction of sp³-hybridized carbons (Fsp3) is 0.250. The average molecular weight is 310 g/mol. The Hall–Kier alpha value is -1.02. The minimum atomic E-state index is 0.799. The van der Waals surface area contributed by atoms with Crippen LogP contribution in [0.4, 0.5) is 0 Å². The maximum absolute atomic E-state index is 9.13. The fourth-order valence-corrected chi connectivity index (χ4v) is 2.86. The molecular weight excluding hydrogens is 299 g/mol. The second kappa shape index (κ2) is 3.86. The third kappa shape index (κ3) is 1.53. The van der Waals surface area contributed by atoms with Crippen molar-refractivity contribution in [3.63, 3.8) is 0 Å². The Bertz CT molecular complexity index is 561. The quantitative estimate of drug-likeness (QED) is 0.742. The maximum Gasteiger partial charge on any atom is 0.103 e. The summed E-state index contributed by atoms with van der Waals surface area (Å²) in [5.41, 5.74) is 3.20. The normalized spacial score (nSPS) is 10.5. The Morgan fingerprint density at radius 3 is 2.80 bits per heavy atom. The molecule has 0 amide bonds. The second-order valence-electron chi connectivity index (χ2n) is 3.54. The van der Waals surface area contributed by atoms with E-state index in [0.717, 1.165) is 21.2 Å². The number of nitriles is 1. The van der Waals surface area contributed by atoms with E-state index in [0.29, 0.717) is 0 Å². The van der Waals surface area contributed by atoms with Gasteiger partial charge >= 0.3 is 0 Å². The highest BCUT2D eigenvalue weighted by Crippen LogP contribution is 2.27. The van der Waals surface area contributed by atoms with E-state index in [2.05, 4.69) is 59.2 Å². The molecule has 76 valence electrons. The zero-order valence-electron chi connectivity index (χ0n) is 8.71. The van der Waals surface area contributed by atoms with Gasteiger partial charge in [-0.25, -0.2) is 0 Å². The molecule has 1 aromatic carbocycles. The number of aromatic nitrogens is 1. The van der Waals surface area contributed by atoms with Crippen molar-refractivity contribution in [3.8, 4) is 6.07 Å². The van der Waals surface area contributed by atoms with Crippen molar-refractivity contribution >= 4 is 33.5 Å². The van der Waals surface area contributed by atoms with Crippen LogP contribution in [0.15, 0.2) is 18.2 Å². The van der Waals surface area contributed by atoms with Crippen molar-refractivity contribution in [1.29, 1.82) is 5.26 Å². The zero-order valence-corrected chi connectivity index (χ0v) is 10.9. The Morgan fingerprint density at radius 2 is 2.20 bits per heavy atom. The van der Waals surface area contributed by atoms with Gasteiger partial charge in [0, 0.05) is 11.9 Å². The summed E-state index contributed by atoms with van der Waals surface area (Å²) in [6.07, 6.45) is 0. The number of fused-ring (bicyclic) bond motifs is 1. The smallest absolute Gasteiger partial charge is 0.103 e. The number of hydrogen-bond donors (Lipinski definition) is 0. The van der Waals surface area contributed by atoms with Gasteiger partial charge in [-0.05, 0) is 48.1 Å². The predicted octanol–water partition coefficient (Wildman–Crippen LogP) is 3.45. The van der Waals surface area contributed by atoms with Crippen LogP contribution in [-0.4, -0.2) is 4.57 Å². The Balaban J connectivity index is 2.93. The number of nitrogens with zero attached hydrogens (tertiary/aromatic N) is 2. The maximum atomic E-state index is 9.13. The minimum Gasteiger partial charge on any atom is -0.335 e. The van der Waals surface area contributed by atoms with Crippen molar-refractivity contribution in [3.05, 3.63) is 33.0 Å². The highest BCUT2D eigenvalue weighted by molar-refractivity contribution is 14.1. The van der Waals surface area contributed by atoms with Gasteiger partial charge in [0.2, 0.25) is 0 Å². The summed E-state index contributed by atoms with van der Waals surface area (Å²) < 4.78 is 3.22. The van der Waals surface area contributed by atoms with Gasteiger partial charge in [0.05, 0.1) is 14.8 Å². The van der Waals surface area contributed by atoms with Crippen LogP contribution in [0, 0.1) is 22.0 Å². The molecule has 0 N–H and O–H groups in total. The van der Waals surface area contributed by atoms with Crippen LogP contribution < -0.4 is 0 Å². The van der Waals surface area contributed by atoms with Crippen molar-refractivity contribution in [2.45, 2.75) is 20.4 Å². The topological polar surface area (TPSA) is 28.7 Å². The Kier molecular flexibility index (Phi) is 2.70. The number of aryl methyl sites for hydroxylation is 2. The molecule has 0 saturated heterocycles. The summed E-state index contributed by atoms with van der Waals surface area (Å²) in [5, 5.41) is 10.2. The van der Waals surface area contributed by atoms with Gasteiger partial charge in [-0.1, -0.05) is 12.1 Å². The third-order valence-electron chi connectivity index (χ3n) is 2.58. The molecule has 2 nitrogen and oxygen atoms in total. The predicted molar refractivity (Wildman–Crippen MR) is 69.8 cm³/mol. The van der Waals surface area contributed by atoms with Gasteiger partial charge < -0.3 is 4.57 Å². The molecule has 0 aliphatic heterocycles. The summed E-state index contributed by atoms with van der Waals surface area (Å²) in [5.74, 6) is 0. The summed E-state index contributed by atoms with van der Waals surface area (Å²) in [6.45, 7) is 5.08. The first-order valence-corrected chi connectivity index (χ1v) is 5.95. The SMILES string of the molecule is CCn1c(I)c(C#N)c2ccc(C)cc21. The van der Waals surface area contributed by atoms with Crippen molar-refractivity contribution < 1.29 is 0 Å². The molecule has 15 heavy (non-hydrogen) atoms. The lowest BCUT2D eigenvalue weighted by atomic mass is 10.1. The van der Waals surface area contributed by atoms with E-state index in [-0.39, 0.29) is 0 Å². The third-order valence-corrected chi connectivity index (χ3v) is 3.71. The number of halogens is 1. The molecule has 0 radical (unpaired) electrons. The number of hydrogen-bond acceptors (Lipinski definition) is 1. The molecule has 2 aromatic rings. The number of benzene rings is 1. The molecule has 2 rings (SSSR count). The highest BCUT2D eigenvalue weighted by atomic mass is 127. The molecular formula is C12H11IN2. The second-order valence-corrected chi connectivity index (χ2v) is 4.56. The van der Waals surface area contributed by atoms with E-state index in [1.54, 1.807) is 0 Å². The minimum absolute atomic E-state index is 0.799. The van der Waals surface area contributed by atoms with Crippen LogP contribution in [0.5, 0.6) is 0 Å². The largest absolute Gasteiger partial charge is 0.335 e. The lowest BCUT2D eigenvalue weighted by Gasteiger charge is -2.02. The first-order chi connectivity index (χ1) is 7.19. The Labute approximate surface area is 103 Å². The molecule has 0 spiro atoms. The van der Waals surface area contributed by atoms with E-state index in [9.17, 15) is 0 Å². The zero-order chi connectivity index (χ0) is 11.0. The van der Waals surface area contributed by atoms with E-state index in [1.807, 2.05) is 6.07 Å². The van der Waals surface area contributed by atoms with Crippen LogP contribution in [0.25, 0.3) is 10.9 Å². The molecule has 1 heterocycles. The van der Waals surface area contributed by atoms with Crippen LogP contribution in [-0.2, 0) is 6.54 Å². The molecule has 0 fully saturated rings. The van der Waals surface area contributed by atoms with Gasteiger partial charge in [-0.2, -0.15) is 5.26 Å². The molecule has 0 aliphatic rings. The van der Waals surface area contributed by atoms with Crippen molar-refractivity contribution in [2.24, 2.45) is 0 Å². The average Bonchev–Trinajstić information content (AvgIpc) is 2.48. The van der Waals surface area contributed by atoms with E-state index in [4.69, 9.17) is 5.26 Å². The van der Waals surface area contributed by atoms with Gasteiger partial charge in [-0.3, -0.25) is 0 Å². The van der Waals surface area contributed by atoms with Gasteiger partial charge in [0.25, 0.3) is 0 Å². The lowest BCUT2D eigenvalue weighted by molar-refractivity contribution is 0.776. The van der Waals surface area contributed by atoms with Gasteiger partial charge in [-0.15, -0.1) is 0 Å².